The van der Waals surface area contributed by atoms with E-state index in [1.807, 2.05) is 62.4 Å². The van der Waals surface area contributed by atoms with E-state index in [0.717, 1.165) is 22.3 Å². The highest BCUT2D eigenvalue weighted by atomic mass is 19.4. The van der Waals surface area contributed by atoms with Crippen molar-refractivity contribution in [1.82, 2.24) is 9.80 Å². The summed E-state index contributed by atoms with van der Waals surface area (Å²) >= 11 is 0. The van der Waals surface area contributed by atoms with Crippen molar-refractivity contribution in [3.63, 3.8) is 0 Å². The Morgan fingerprint density at radius 1 is 0.829 bits per heavy atom. The van der Waals surface area contributed by atoms with Crippen LogP contribution in [-0.4, -0.2) is 47.3 Å². The summed E-state index contributed by atoms with van der Waals surface area (Å²) in [4.78, 5) is 29.4. The first-order chi connectivity index (χ1) is 19.2. The zero-order valence-electron chi connectivity index (χ0n) is 22.4. The lowest BCUT2D eigenvalue weighted by Crippen LogP contribution is -2.57. The Bertz CT molecular complexity index is 1410. The molecular formula is C31H28F6N2O2. The molecule has 3 aromatic carbocycles. The topological polar surface area (TPSA) is 40.6 Å². The summed E-state index contributed by atoms with van der Waals surface area (Å²) in [6, 6.07) is 15.0. The van der Waals surface area contributed by atoms with Gasteiger partial charge >= 0.3 is 12.4 Å². The molecule has 1 unspecified atom stereocenters. The van der Waals surface area contributed by atoms with Crippen LogP contribution in [0.2, 0.25) is 0 Å². The van der Waals surface area contributed by atoms with Gasteiger partial charge < -0.3 is 9.80 Å². The Morgan fingerprint density at radius 2 is 1.46 bits per heavy atom. The molecule has 0 bridgehead atoms. The van der Waals surface area contributed by atoms with E-state index in [4.69, 9.17) is 0 Å². The van der Waals surface area contributed by atoms with E-state index >= 15 is 0 Å². The van der Waals surface area contributed by atoms with Crippen LogP contribution in [0.3, 0.4) is 0 Å². The van der Waals surface area contributed by atoms with Gasteiger partial charge in [-0.15, -0.1) is 0 Å². The van der Waals surface area contributed by atoms with Gasteiger partial charge in [0.15, 0.2) is 0 Å². The van der Waals surface area contributed by atoms with E-state index in [9.17, 15) is 35.9 Å². The van der Waals surface area contributed by atoms with Crippen molar-refractivity contribution < 1.29 is 35.9 Å². The molecule has 4 rings (SSSR count). The second kappa shape index (κ2) is 11.8. The summed E-state index contributed by atoms with van der Waals surface area (Å²) in [5, 5.41) is 0. The summed E-state index contributed by atoms with van der Waals surface area (Å²) < 4.78 is 80.8. The summed E-state index contributed by atoms with van der Waals surface area (Å²) in [5.74, 6) is -1.27. The summed E-state index contributed by atoms with van der Waals surface area (Å²) in [6.45, 7) is 3.91. The Morgan fingerprint density at radius 3 is 2.05 bits per heavy atom. The molecule has 0 radical (unpaired) electrons. The van der Waals surface area contributed by atoms with Crippen molar-refractivity contribution in [3.8, 4) is 0 Å². The van der Waals surface area contributed by atoms with Crippen LogP contribution >= 0.6 is 0 Å². The van der Waals surface area contributed by atoms with Gasteiger partial charge in [0.1, 0.15) is 0 Å². The van der Waals surface area contributed by atoms with Gasteiger partial charge in [-0.05, 0) is 66.8 Å². The largest absolute Gasteiger partial charge is 0.416 e. The van der Waals surface area contributed by atoms with E-state index in [1.54, 1.807) is 6.08 Å². The molecule has 1 aliphatic rings. The lowest BCUT2D eigenvalue weighted by molar-refractivity contribution is -0.143. The van der Waals surface area contributed by atoms with Gasteiger partial charge in [0.2, 0.25) is 5.91 Å². The second-order valence-electron chi connectivity index (χ2n) is 10.1. The minimum absolute atomic E-state index is 0.000974. The first-order valence-electron chi connectivity index (χ1n) is 12.9. The smallest absolute Gasteiger partial charge is 0.335 e. The lowest BCUT2D eigenvalue weighted by Gasteiger charge is -2.41. The van der Waals surface area contributed by atoms with Crippen molar-refractivity contribution in [1.29, 1.82) is 0 Å². The summed E-state index contributed by atoms with van der Waals surface area (Å²) in [7, 11) is 0. The predicted octanol–water partition coefficient (Wildman–Crippen LogP) is 6.95. The van der Waals surface area contributed by atoms with Crippen molar-refractivity contribution in [2.45, 2.75) is 38.7 Å². The van der Waals surface area contributed by atoms with Crippen LogP contribution in [0.15, 0.2) is 72.8 Å². The van der Waals surface area contributed by atoms with E-state index in [0.29, 0.717) is 12.1 Å². The molecule has 10 heteroatoms. The zero-order valence-corrected chi connectivity index (χ0v) is 22.4. The molecule has 0 aliphatic carbocycles. The first kappa shape index (κ1) is 29.9. The number of aryl methyl sites for hydroxylation is 2. The molecule has 0 aromatic heterocycles. The highest BCUT2D eigenvalue weighted by Crippen LogP contribution is 2.37. The number of piperazine rings is 1. The molecule has 0 saturated carbocycles. The van der Waals surface area contributed by atoms with E-state index in [2.05, 4.69) is 0 Å². The minimum Gasteiger partial charge on any atom is -0.335 e. The van der Waals surface area contributed by atoms with Gasteiger partial charge in [-0.2, -0.15) is 26.3 Å². The van der Waals surface area contributed by atoms with Crippen LogP contribution in [-0.2, 0) is 23.6 Å². The number of hydrogen-bond acceptors (Lipinski definition) is 2. The van der Waals surface area contributed by atoms with E-state index in [1.165, 1.54) is 15.9 Å². The van der Waals surface area contributed by atoms with Crippen molar-refractivity contribution >= 4 is 17.9 Å². The third-order valence-corrected chi connectivity index (χ3v) is 7.15. The number of halogens is 6. The van der Waals surface area contributed by atoms with Gasteiger partial charge in [0, 0.05) is 31.3 Å². The molecule has 4 nitrogen and oxygen atoms in total. The molecule has 1 fully saturated rings. The number of rotatable bonds is 5. The molecule has 1 aliphatic heterocycles. The molecule has 216 valence electrons. The minimum atomic E-state index is -5.08. The normalized spacial score (nSPS) is 16.3. The van der Waals surface area contributed by atoms with Gasteiger partial charge in [-0.3, -0.25) is 9.59 Å². The monoisotopic (exact) mass is 574 g/mol. The first-order valence-corrected chi connectivity index (χ1v) is 12.9. The highest BCUT2D eigenvalue weighted by Gasteiger charge is 2.39. The van der Waals surface area contributed by atoms with Crippen LogP contribution in [0, 0.1) is 13.8 Å². The van der Waals surface area contributed by atoms with Crippen LogP contribution < -0.4 is 0 Å². The standard InChI is InChI=1S/C31H28F6N2O2/c1-20-8-9-23(14-21(20)2)15-27-19-38(28(40)11-10-22-6-4-3-5-7-22)12-13-39(27)29(41)24-16-25(30(32,33)34)18-26(17-24)31(35,36)37/h3-11,14,16-18,27H,12-13,15,19H2,1-2H3/b11-10+. The number of alkyl halides is 6. The van der Waals surface area contributed by atoms with E-state index in [-0.39, 0.29) is 38.0 Å². The molecule has 1 heterocycles. The average molecular weight is 575 g/mol. The number of carbonyl (C=O) groups is 2. The number of benzene rings is 3. The average Bonchev–Trinajstić information content (AvgIpc) is 2.92. The number of amides is 2. The quantitative estimate of drug-likeness (QED) is 0.245. The fourth-order valence-corrected chi connectivity index (χ4v) is 4.78. The van der Waals surface area contributed by atoms with Crippen molar-refractivity contribution in [2.24, 2.45) is 0 Å². The second-order valence-corrected chi connectivity index (χ2v) is 10.1. The van der Waals surface area contributed by atoms with Crippen LogP contribution in [0.4, 0.5) is 26.3 Å². The number of hydrogen-bond donors (Lipinski definition) is 0. The Hall–Kier alpha value is -4.08. The molecule has 1 atom stereocenters. The molecule has 41 heavy (non-hydrogen) atoms. The Labute approximate surface area is 233 Å². The molecule has 0 spiro atoms. The predicted molar refractivity (Wildman–Crippen MR) is 143 cm³/mol. The van der Waals surface area contributed by atoms with Crippen molar-refractivity contribution in [2.75, 3.05) is 19.6 Å². The van der Waals surface area contributed by atoms with Crippen LogP contribution in [0.5, 0.6) is 0 Å². The van der Waals surface area contributed by atoms with Crippen molar-refractivity contribution in [3.05, 3.63) is 112 Å². The highest BCUT2D eigenvalue weighted by molar-refractivity contribution is 5.96. The molecule has 2 amide bonds. The molecule has 1 saturated heterocycles. The van der Waals surface area contributed by atoms with Gasteiger partial charge in [0.05, 0.1) is 17.2 Å². The Kier molecular flexibility index (Phi) is 8.60. The lowest BCUT2D eigenvalue weighted by atomic mass is 9.97. The summed E-state index contributed by atoms with van der Waals surface area (Å²) in [5.41, 5.74) is -0.153. The van der Waals surface area contributed by atoms with Gasteiger partial charge in [0.25, 0.3) is 5.91 Å². The fourth-order valence-electron chi connectivity index (χ4n) is 4.78. The Balaban J connectivity index is 1.66. The van der Waals surface area contributed by atoms with Gasteiger partial charge in [-0.25, -0.2) is 0 Å². The number of carbonyl (C=O) groups excluding carboxylic acids is 2. The third-order valence-electron chi connectivity index (χ3n) is 7.15. The fraction of sp³-hybridized carbons (Fsp3) is 0.290. The SMILES string of the molecule is Cc1ccc(CC2CN(C(=O)/C=C/c3ccccc3)CCN2C(=O)c2cc(C(F)(F)F)cc(C(F)(F)F)c2)cc1C. The maximum Gasteiger partial charge on any atom is 0.416 e. The number of nitrogens with zero attached hydrogens (tertiary/aromatic N) is 2. The van der Waals surface area contributed by atoms with Gasteiger partial charge in [-0.1, -0.05) is 48.5 Å². The van der Waals surface area contributed by atoms with E-state index < -0.39 is 41.0 Å². The molecular weight excluding hydrogens is 546 g/mol. The summed E-state index contributed by atoms with van der Waals surface area (Å²) in [6.07, 6.45) is -6.84. The zero-order chi connectivity index (χ0) is 29.9. The van der Waals surface area contributed by atoms with Crippen LogP contribution in [0.1, 0.15) is 43.7 Å². The molecule has 3 aromatic rings. The maximum atomic E-state index is 13.5. The molecule has 0 N–H and O–H groups in total. The third kappa shape index (κ3) is 7.36. The van der Waals surface area contributed by atoms with Crippen LogP contribution in [0.25, 0.3) is 6.08 Å². The maximum absolute atomic E-state index is 13.5.